The van der Waals surface area contributed by atoms with Crippen LogP contribution in [0.2, 0.25) is 5.02 Å². The van der Waals surface area contributed by atoms with Crippen LogP contribution in [0.3, 0.4) is 0 Å². The van der Waals surface area contributed by atoms with Crippen LogP contribution < -0.4 is 5.32 Å². The Hall–Kier alpha value is -0.610. The average molecular weight is 298 g/mol. The third-order valence-electron chi connectivity index (χ3n) is 3.74. The molecule has 0 heterocycles. The molecule has 1 aliphatic carbocycles. The van der Waals surface area contributed by atoms with Gasteiger partial charge in [-0.2, -0.15) is 0 Å². The number of hydrogen-bond donors (Lipinski definition) is 1. The second-order valence-electron chi connectivity index (χ2n) is 5.17. The first-order valence-corrected chi connectivity index (χ1v) is 7.82. The lowest BCUT2D eigenvalue weighted by Crippen LogP contribution is -2.44. The standard InChI is InChI=1S/C16H24ClNO2/c1-3-19-16(20-4-2)11-18-15-9-13(10-15)12-6-5-7-14(17)8-12/h5-8,13,15-16,18H,3-4,9-11H2,1-2H3. The third kappa shape index (κ3) is 4.45. The molecule has 112 valence electrons. The largest absolute Gasteiger partial charge is 0.352 e. The predicted molar refractivity (Wildman–Crippen MR) is 82.3 cm³/mol. The monoisotopic (exact) mass is 297 g/mol. The Morgan fingerprint density at radius 2 is 1.95 bits per heavy atom. The SMILES string of the molecule is CCOC(CNC1CC(c2cccc(Cl)c2)C1)OCC. The fraction of sp³-hybridized carbons (Fsp3) is 0.625. The van der Waals surface area contributed by atoms with Crippen LogP contribution in [0.5, 0.6) is 0 Å². The first-order chi connectivity index (χ1) is 9.72. The number of hydrogen-bond acceptors (Lipinski definition) is 3. The van der Waals surface area contributed by atoms with Gasteiger partial charge in [-0.1, -0.05) is 23.7 Å². The van der Waals surface area contributed by atoms with Crippen LogP contribution in [-0.4, -0.2) is 32.1 Å². The summed E-state index contributed by atoms with van der Waals surface area (Å²) in [4.78, 5) is 0. The van der Waals surface area contributed by atoms with Gasteiger partial charge < -0.3 is 14.8 Å². The van der Waals surface area contributed by atoms with Gasteiger partial charge in [0.25, 0.3) is 0 Å². The molecule has 0 aliphatic heterocycles. The molecular formula is C16H24ClNO2. The van der Waals surface area contributed by atoms with Crippen LogP contribution in [0.1, 0.15) is 38.2 Å². The zero-order chi connectivity index (χ0) is 14.4. The van der Waals surface area contributed by atoms with E-state index in [4.69, 9.17) is 21.1 Å². The highest BCUT2D eigenvalue weighted by molar-refractivity contribution is 6.30. The Labute approximate surface area is 126 Å². The molecule has 3 nitrogen and oxygen atoms in total. The molecule has 1 saturated carbocycles. The van der Waals surface area contributed by atoms with Gasteiger partial charge in [-0.15, -0.1) is 0 Å². The fourth-order valence-electron chi connectivity index (χ4n) is 2.62. The van der Waals surface area contributed by atoms with Gasteiger partial charge in [0.1, 0.15) is 0 Å². The number of nitrogens with one attached hydrogen (secondary N) is 1. The van der Waals surface area contributed by atoms with Gasteiger partial charge in [-0.05, 0) is 50.3 Å². The van der Waals surface area contributed by atoms with Crippen molar-refractivity contribution in [2.24, 2.45) is 0 Å². The van der Waals surface area contributed by atoms with Crippen molar-refractivity contribution in [2.75, 3.05) is 19.8 Å². The number of rotatable bonds is 8. The Morgan fingerprint density at radius 1 is 1.25 bits per heavy atom. The minimum atomic E-state index is -0.129. The summed E-state index contributed by atoms with van der Waals surface area (Å²) in [6.45, 7) is 6.11. The van der Waals surface area contributed by atoms with Crippen LogP contribution in [0, 0.1) is 0 Å². The van der Waals surface area contributed by atoms with Crippen molar-refractivity contribution < 1.29 is 9.47 Å². The van der Waals surface area contributed by atoms with Crippen molar-refractivity contribution in [3.05, 3.63) is 34.9 Å². The van der Waals surface area contributed by atoms with E-state index < -0.39 is 0 Å². The molecule has 2 rings (SSSR count). The van der Waals surface area contributed by atoms with Crippen molar-refractivity contribution in [1.82, 2.24) is 5.32 Å². The van der Waals surface area contributed by atoms with Crippen molar-refractivity contribution >= 4 is 11.6 Å². The highest BCUT2D eigenvalue weighted by Crippen LogP contribution is 2.37. The summed E-state index contributed by atoms with van der Waals surface area (Å²) in [6, 6.07) is 8.75. The normalized spacial score (nSPS) is 22.0. The Bertz CT molecular complexity index is 401. The maximum atomic E-state index is 6.03. The Kier molecular flexibility index (Phi) is 6.30. The van der Waals surface area contributed by atoms with E-state index in [1.165, 1.54) is 5.56 Å². The van der Waals surface area contributed by atoms with Crippen molar-refractivity contribution in [2.45, 2.75) is 44.9 Å². The van der Waals surface area contributed by atoms with Gasteiger partial charge in [-0.25, -0.2) is 0 Å². The Balaban J connectivity index is 1.71. The van der Waals surface area contributed by atoms with E-state index in [9.17, 15) is 0 Å². The Morgan fingerprint density at radius 3 is 2.55 bits per heavy atom. The smallest absolute Gasteiger partial charge is 0.169 e. The van der Waals surface area contributed by atoms with Gasteiger partial charge in [0.15, 0.2) is 6.29 Å². The van der Waals surface area contributed by atoms with E-state index in [1.807, 2.05) is 26.0 Å². The molecule has 0 spiro atoms. The molecule has 1 aliphatic rings. The van der Waals surface area contributed by atoms with E-state index in [-0.39, 0.29) is 6.29 Å². The number of ether oxygens (including phenoxy) is 2. The molecule has 0 radical (unpaired) electrons. The summed E-state index contributed by atoms with van der Waals surface area (Å²) in [5.41, 5.74) is 1.35. The summed E-state index contributed by atoms with van der Waals surface area (Å²) < 4.78 is 11.1. The van der Waals surface area contributed by atoms with E-state index in [1.54, 1.807) is 0 Å². The maximum absolute atomic E-state index is 6.03. The lowest BCUT2D eigenvalue weighted by Gasteiger charge is -2.37. The van der Waals surface area contributed by atoms with E-state index in [2.05, 4.69) is 17.4 Å². The van der Waals surface area contributed by atoms with E-state index in [0.717, 1.165) is 24.4 Å². The van der Waals surface area contributed by atoms with Crippen molar-refractivity contribution in [3.8, 4) is 0 Å². The second kappa shape index (κ2) is 7.99. The topological polar surface area (TPSA) is 30.5 Å². The molecule has 1 aromatic rings. The first-order valence-electron chi connectivity index (χ1n) is 7.45. The van der Waals surface area contributed by atoms with Crippen molar-refractivity contribution in [3.63, 3.8) is 0 Å². The molecule has 1 aromatic carbocycles. The second-order valence-corrected chi connectivity index (χ2v) is 5.61. The van der Waals surface area contributed by atoms with Crippen LogP contribution in [-0.2, 0) is 9.47 Å². The summed E-state index contributed by atoms with van der Waals surface area (Å²) in [6.07, 6.45) is 2.19. The lowest BCUT2D eigenvalue weighted by atomic mass is 9.76. The summed E-state index contributed by atoms with van der Waals surface area (Å²) >= 11 is 6.03. The molecule has 0 atom stereocenters. The molecule has 0 bridgehead atoms. The average Bonchev–Trinajstić information content (AvgIpc) is 2.37. The number of benzene rings is 1. The van der Waals surface area contributed by atoms with Gasteiger partial charge in [0.2, 0.25) is 0 Å². The molecule has 0 aromatic heterocycles. The quantitative estimate of drug-likeness (QED) is 0.744. The molecule has 20 heavy (non-hydrogen) atoms. The van der Waals surface area contributed by atoms with Gasteiger partial charge in [0.05, 0.1) is 0 Å². The molecule has 4 heteroatoms. The minimum Gasteiger partial charge on any atom is -0.352 e. The lowest BCUT2D eigenvalue weighted by molar-refractivity contribution is -0.134. The van der Waals surface area contributed by atoms with Crippen LogP contribution in [0.4, 0.5) is 0 Å². The number of halogens is 1. The van der Waals surface area contributed by atoms with Gasteiger partial charge in [0, 0.05) is 30.8 Å². The fourth-order valence-corrected chi connectivity index (χ4v) is 2.82. The van der Waals surface area contributed by atoms with Crippen LogP contribution in [0.25, 0.3) is 0 Å². The molecule has 0 unspecified atom stereocenters. The molecule has 1 fully saturated rings. The van der Waals surface area contributed by atoms with Gasteiger partial charge >= 0.3 is 0 Å². The summed E-state index contributed by atoms with van der Waals surface area (Å²) in [7, 11) is 0. The first kappa shape index (κ1) is 15.8. The zero-order valence-electron chi connectivity index (χ0n) is 12.3. The van der Waals surface area contributed by atoms with E-state index in [0.29, 0.717) is 25.2 Å². The highest BCUT2D eigenvalue weighted by Gasteiger charge is 2.30. The summed E-state index contributed by atoms with van der Waals surface area (Å²) in [5, 5.41) is 4.35. The zero-order valence-corrected chi connectivity index (χ0v) is 13.0. The predicted octanol–water partition coefficient (Wildman–Crippen LogP) is 3.57. The summed E-state index contributed by atoms with van der Waals surface area (Å²) in [5.74, 6) is 0.629. The molecule has 0 amide bonds. The van der Waals surface area contributed by atoms with Crippen LogP contribution >= 0.6 is 11.6 Å². The molecular weight excluding hydrogens is 274 g/mol. The maximum Gasteiger partial charge on any atom is 0.169 e. The third-order valence-corrected chi connectivity index (χ3v) is 3.97. The molecule has 1 N–H and O–H groups in total. The van der Waals surface area contributed by atoms with E-state index >= 15 is 0 Å². The highest BCUT2D eigenvalue weighted by atomic mass is 35.5. The van der Waals surface area contributed by atoms with Crippen molar-refractivity contribution in [1.29, 1.82) is 0 Å². The minimum absolute atomic E-state index is 0.129. The van der Waals surface area contributed by atoms with Crippen LogP contribution in [0.15, 0.2) is 24.3 Å². The molecule has 0 saturated heterocycles. The van der Waals surface area contributed by atoms with Gasteiger partial charge in [-0.3, -0.25) is 0 Å².